The van der Waals surface area contributed by atoms with Crippen LogP contribution in [-0.2, 0) is 9.59 Å². The van der Waals surface area contributed by atoms with Crippen LogP contribution in [0.5, 0.6) is 5.75 Å². The third-order valence-corrected chi connectivity index (χ3v) is 4.49. The molecule has 1 aliphatic rings. The number of carbonyl (C=O) groups is 2. The number of rotatable bonds is 5. The largest absolute Gasteiger partial charge is 0.496 e. The van der Waals surface area contributed by atoms with Crippen LogP contribution in [0.3, 0.4) is 0 Å². The van der Waals surface area contributed by atoms with E-state index in [1.807, 2.05) is 31.2 Å². The van der Waals surface area contributed by atoms with Gasteiger partial charge in [0.15, 0.2) is 0 Å². The summed E-state index contributed by atoms with van der Waals surface area (Å²) in [6, 6.07) is 7.67. The Morgan fingerprint density at radius 1 is 1.41 bits per heavy atom. The summed E-state index contributed by atoms with van der Waals surface area (Å²) in [4.78, 5) is 25.4. The number of amides is 1. The topological polar surface area (TPSA) is 66.8 Å². The Balaban J connectivity index is 2.02. The van der Waals surface area contributed by atoms with Crippen LogP contribution >= 0.6 is 0 Å². The molecule has 0 bridgehead atoms. The third-order valence-electron chi connectivity index (χ3n) is 4.49. The summed E-state index contributed by atoms with van der Waals surface area (Å²) in [7, 11) is 1.62. The van der Waals surface area contributed by atoms with Crippen LogP contribution in [0.15, 0.2) is 24.3 Å². The lowest BCUT2D eigenvalue weighted by Gasteiger charge is -2.22. The second kappa shape index (κ2) is 6.38. The summed E-state index contributed by atoms with van der Waals surface area (Å²) in [5.74, 6) is -0.0242. The van der Waals surface area contributed by atoms with Crippen molar-refractivity contribution < 1.29 is 19.4 Å². The molecule has 1 N–H and O–H groups in total. The van der Waals surface area contributed by atoms with Crippen LogP contribution in [0.25, 0.3) is 0 Å². The molecule has 1 aromatic carbocycles. The molecule has 1 heterocycles. The van der Waals surface area contributed by atoms with Gasteiger partial charge < -0.3 is 14.7 Å². The highest BCUT2D eigenvalue weighted by Crippen LogP contribution is 2.33. The van der Waals surface area contributed by atoms with E-state index in [4.69, 9.17) is 4.74 Å². The normalized spacial score (nSPS) is 22.4. The average molecular weight is 305 g/mol. The molecule has 22 heavy (non-hydrogen) atoms. The van der Waals surface area contributed by atoms with E-state index in [2.05, 4.69) is 0 Å². The summed E-state index contributed by atoms with van der Waals surface area (Å²) < 4.78 is 5.34. The number of aliphatic carboxylic acids is 1. The van der Waals surface area contributed by atoms with Crippen molar-refractivity contribution in [1.29, 1.82) is 0 Å². The second-order valence-corrected chi connectivity index (χ2v) is 6.28. The molecular formula is C17H23NO4. The van der Waals surface area contributed by atoms with E-state index in [0.717, 1.165) is 11.3 Å². The highest BCUT2D eigenvalue weighted by atomic mass is 16.5. The van der Waals surface area contributed by atoms with E-state index in [0.29, 0.717) is 25.9 Å². The van der Waals surface area contributed by atoms with E-state index < -0.39 is 11.4 Å². The summed E-state index contributed by atoms with van der Waals surface area (Å²) >= 11 is 0. The zero-order valence-corrected chi connectivity index (χ0v) is 13.3. The van der Waals surface area contributed by atoms with Gasteiger partial charge in [-0.15, -0.1) is 0 Å². The Labute approximate surface area is 130 Å². The van der Waals surface area contributed by atoms with Crippen molar-refractivity contribution in [3.63, 3.8) is 0 Å². The Bertz CT molecular complexity index is 572. The van der Waals surface area contributed by atoms with Gasteiger partial charge in [-0.3, -0.25) is 9.59 Å². The molecular weight excluding hydrogens is 282 g/mol. The molecule has 5 nitrogen and oxygen atoms in total. The minimum absolute atomic E-state index is 0.00313. The number of carboxylic acid groups (broad SMARTS) is 1. The summed E-state index contributed by atoms with van der Waals surface area (Å²) in [5, 5.41) is 9.25. The van der Waals surface area contributed by atoms with Crippen molar-refractivity contribution in [2.24, 2.45) is 5.41 Å². The van der Waals surface area contributed by atoms with Gasteiger partial charge in [0.25, 0.3) is 0 Å². The minimum Gasteiger partial charge on any atom is -0.496 e. The highest BCUT2D eigenvalue weighted by molar-refractivity contribution is 5.81. The Kier molecular flexibility index (Phi) is 4.74. The summed E-state index contributed by atoms with van der Waals surface area (Å²) in [6.07, 6.45) is 0.868. The fourth-order valence-corrected chi connectivity index (χ4v) is 2.92. The lowest BCUT2D eigenvalue weighted by molar-refractivity contribution is -0.147. The number of benzene rings is 1. The van der Waals surface area contributed by atoms with E-state index in [-0.39, 0.29) is 11.8 Å². The molecule has 1 amide bonds. The first-order valence-electron chi connectivity index (χ1n) is 7.51. The van der Waals surface area contributed by atoms with Gasteiger partial charge in [0, 0.05) is 19.5 Å². The van der Waals surface area contributed by atoms with Crippen LogP contribution in [0.1, 0.15) is 38.2 Å². The predicted octanol–water partition coefficient (Wildman–Crippen LogP) is 2.51. The molecule has 0 aromatic heterocycles. The average Bonchev–Trinajstić information content (AvgIpc) is 2.91. The molecule has 1 saturated heterocycles. The van der Waals surface area contributed by atoms with Crippen LogP contribution in [0, 0.1) is 5.41 Å². The SMILES string of the molecule is COc1ccccc1[C@H](C)CC(=O)N1CC[C@](C)(C(=O)O)C1. The van der Waals surface area contributed by atoms with Gasteiger partial charge in [-0.1, -0.05) is 25.1 Å². The summed E-state index contributed by atoms with van der Waals surface area (Å²) in [5.41, 5.74) is 0.183. The number of hydrogen-bond donors (Lipinski definition) is 1. The molecule has 1 aliphatic heterocycles. The smallest absolute Gasteiger partial charge is 0.311 e. The van der Waals surface area contributed by atoms with Crippen LogP contribution in [0.4, 0.5) is 0 Å². The van der Waals surface area contributed by atoms with Crippen molar-refractivity contribution in [1.82, 2.24) is 4.90 Å². The first kappa shape index (κ1) is 16.3. The van der Waals surface area contributed by atoms with Gasteiger partial charge in [-0.25, -0.2) is 0 Å². The standard InChI is InChI=1S/C17H23NO4/c1-12(13-6-4-5-7-14(13)22-3)10-15(19)18-9-8-17(2,11-18)16(20)21/h4-7,12H,8-11H2,1-3H3,(H,20,21)/t12-,17+/m1/s1. The fraction of sp³-hybridized carbons (Fsp3) is 0.529. The van der Waals surface area contributed by atoms with Crippen molar-refractivity contribution in [2.45, 2.75) is 32.6 Å². The van der Waals surface area contributed by atoms with E-state index >= 15 is 0 Å². The van der Waals surface area contributed by atoms with Gasteiger partial charge in [0.2, 0.25) is 5.91 Å². The lowest BCUT2D eigenvalue weighted by Crippen LogP contribution is -2.35. The predicted molar refractivity (Wildman–Crippen MR) is 83.0 cm³/mol. The van der Waals surface area contributed by atoms with E-state index in [1.165, 1.54) is 0 Å². The van der Waals surface area contributed by atoms with Gasteiger partial charge in [0.05, 0.1) is 12.5 Å². The van der Waals surface area contributed by atoms with E-state index in [1.54, 1.807) is 18.9 Å². The van der Waals surface area contributed by atoms with Crippen molar-refractivity contribution >= 4 is 11.9 Å². The number of methoxy groups -OCH3 is 1. The molecule has 1 aromatic rings. The molecule has 0 aliphatic carbocycles. The maximum atomic E-state index is 12.4. The fourth-order valence-electron chi connectivity index (χ4n) is 2.92. The molecule has 0 unspecified atom stereocenters. The number of hydrogen-bond acceptors (Lipinski definition) is 3. The Morgan fingerprint density at radius 2 is 2.09 bits per heavy atom. The molecule has 2 atom stereocenters. The van der Waals surface area contributed by atoms with Crippen LogP contribution in [-0.4, -0.2) is 42.1 Å². The van der Waals surface area contributed by atoms with E-state index in [9.17, 15) is 14.7 Å². The molecule has 0 saturated carbocycles. The summed E-state index contributed by atoms with van der Waals surface area (Å²) in [6.45, 7) is 4.49. The quantitative estimate of drug-likeness (QED) is 0.907. The number of ether oxygens (including phenoxy) is 1. The van der Waals surface area contributed by atoms with Crippen LogP contribution in [0.2, 0.25) is 0 Å². The second-order valence-electron chi connectivity index (χ2n) is 6.28. The molecule has 0 radical (unpaired) electrons. The van der Waals surface area contributed by atoms with Crippen molar-refractivity contribution in [2.75, 3.05) is 20.2 Å². The lowest BCUT2D eigenvalue weighted by atomic mass is 9.90. The Morgan fingerprint density at radius 3 is 2.68 bits per heavy atom. The number of likely N-dealkylation sites (tertiary alicyclic amines) is 1. The maximum Gasteiger partial charge on any atom is 0.311 e. The van der Waals surface area contributed by atoms with Gasteiger partial charge in [-0.2, -0.15) is 0 Å². The van der Waals surface area contributed by atoms with Crippen molar-refractivity contribution in [3.05, 3.63) is 29.8 Å². The van der Waals surface area contributed by atoms with Gasteiger partial charge in [-0.05, 0) is 30.9 Å². The number of carboxylic acids is 1. The minimum atomic E-state index is -0.833. The molecule has 120 valence electrons. The van der Waals surface area contributed by atoms with Gasteiger partial charge in [0.1, 0.15) is 5.75 Å². The molecule has 0 spiro atoms. The first-order chi connectivity index (χ1) is 10.4. The zero-order chi connectivity index (χ0) is 16.3. The van der Waals surface area contributed by atoms with Crippen molar-refractivity contribution in [3.8, 4) is 5.75 Å². The number of para-hydroxylation sites is 1. The first-order valence-corrected chi connectivity index (χ1v) is 7.51. The third kappa shape index (κ3) is 3.24. The number of carbonyl (C=O) groups excluding carboxylic acids is 1. The molecule has 2 rings (SSSR count). The molecule has 1 fully saturated rings. The number of nitrogens with zero attached hydrogens (tertiary/aromatic N) is 1. The monoisotopic (exact) mass is 305 g/mol. The molecule has 5 heteroatoms. The van der Waals surface area contributed by atoms with Gasteiger partial charge >= 0.3 is 5.97 Å². The zero-order valence-electron chi connectivity index (χ0n) is 13.3. The maximum absolute atomic E-state index is 12.4. The highest BCUT2D eigenvalue weighted by Gasteiger charge is 2.42. The Hall–Kier alpha value is -2.04. The van der Waals surface area contributed by atoms with Crippen LogP contribution < -0.4 is 4.74 Å².